The normalized spacial score (nSPS) is 9.75. The van der Waals surface area contributed by atoms with Gasteiger partial charge >= 0.3 is 0 Å². The average molecular weight is 189 g/mol. The van der Waals surface area contributed by atoms with Gasteiger partial charge in [0, 0.05) is 6.07 Å². The summed E-state index contributed by atoms with van der Waals surface area (Å²) in [5.74, 6) is -0.361. The lowest BCUT2D eigenvalue weighted by atomic mass is 10.3. The average Bonchev–Trinajstić information content (AvgIpc) is 2.33. The smallest absolute Gasteiger partial charge is 0.283 e. The lowest BCUT2D eigenvalue weighted by Crippen LogP contribution is -3.00. The van der Waals surface area contributed by atoms with Crippen LogP contribution in [0.4, 0.5) is 4.39 Å². The van der Waals surface area contributed by atoms with Crippen molar-refractivity contribution in [3.63, 3.8) is 0 Å². The Morgan fingerprint density at radius 1 is 1.42 bits per heavy atom. The molecule has 0 aliphatic carbocycles. The second-order valence-electron chi connectivity index (χ2n) is 2.28. The SMILES string of the molecule is O[n+]1c[nH]c2ccc(F)cc21.[Cl-]. The predicted octanol–water partition coefficient (Wildman–Crippen LogP) is -2.16. The lowest BCUT2D eigenvalue weighted by molar-refractivity contribution is -0.884. The van der Waals surface area contributed by atoms with Crippen molar-refractivity contribution in [3.8, 4) is 0 Å². The summed E-state index contributed by atoms with van der Waals surface area (Å²) in [5, 5.41) is 9.05. The molecular formula is C7H6ClFN2O. The van der Waals surface area contributed by atoms with E-state index in [1.54, 1.807) is 6.07 Å². The molecule has 2 aromatic rings. The first-order chi connectivity index (χ1) is 5.27. The number of imidazole rings is 1. The summed E-state index contributed by atoms with van der Waals surface area (Å²) in [6.45, 7) is 0. The highest BCUT2D eigenvalue weighted by molar-refractivity contribution is 5.70. The third-order valence-electron chi connectivity index (χ3n) is 1.55. The summed E-state index contributed by atoms with van der Waals surface area (Å²) in [4.78, 5) is 2.76. The Morgan fingerprint density at radius 2 is 2.17 bits per heavy atom. The molecule has 0 fully saturated rings. The third kappa shape index (κ3) is 1.21. The van der Waals surface area contributed by atoms with Crippen LogP contribution in [0.15, 0.2) is 24.5 Å². The quantitative estimate of drug-likeness (QED) is 0.359. The maximum atomic E-state index is 12.6. The van der Waals surface area contributed by atoms with Gasteiger partial charge in [-0.15, -0.1) is 0 Å². The number of halogens is 2. The zero-order valence-corrected chi connectivity index (χ0v) is 6.72. The molecule has 64 valence electrons. The van der Waals surface area contributed by atoms with E-state index in [-0.39, 0.29) is 18.2 Å². The number of hydrogen-bond acceptors (Lipinski definition) is 1. The van der Waals surface area contributed by atoms with Crippen LogP contribution in [0.2, 0.25) is 0 Å². The van der Waals surface area contributed by atoms with E-state index in [1.165, 1.54) is 18.5 Å². The van der Waals surface area contributed by atoms with Gasteiger partial charge in [0.2, 0.25) is 5.52 Å². The van der Waals surface area contributed by atoms with Crippen LogP contribution in [-0.2, 0) is 0 Å². The summed E-state index contributed by atoms with van der Waals surface area (Å²) >= 11 is 0. The highest BCUT2D eigenvalue weighted by atomic mass is 35.5. The van der Waals surface area contributed by atoms with E-state index in [9.17, 15) is 4.39 Å². The Morgan fingerprint density at radius 3 is 2.92 bits per heavy atom. The third-order valence-corrected chi connectivity index (χ3v) is 1.55. The Labute approximate surface area is 73.8 Å². The standard InChI is InChI=1S/C7H5FN2O.ClH/c8-5-1-2-6-7(3-5)10(11)4-9-6;/h1-4,11H;1H. The van der Waals surface area contributed by atoms with Gasteiger partial charge in [0.05, 0.1) is 0 Å². The van der Waals surface area contributed by atoms with Gasteiger partial charge in [-0.25, -0.2) is 9.37 Å². The number of aromatic nitrogens is 2. The molecule has 2 rings (SSSR count). The minimum atomic E-state index is -0.361. The van der Waals surface area contributed by atoms with Crippen LogP contribution in [0.3, 0.4) is 0 Å². The molecule has 2 N–H and O–H groups in total. The van der Waals surface area contributed by atoms with Gasteiger partial charge in [-0.1, -0.05) is 0 Å². The van der Waals surface area contributed by atoms with Crippen LogP contribution in [0.1, 0.15) is 0 Å². The zero-order valence-electron chi connectivity index (χ0n) is 5.96. The maximum absolute atomic E-state index is 12.6. The van der Waals surface area contributed by atoms with Crippen molar-refractivity contribution in [2.45, 2.75) is 0 Å². The molecule has 0 radical (unpaired) electrons. The van der Waals surface area contributed by atoms with Crippen molar-refractivity contribution >= 4 is 11.0 Å². The molecule has 0 saturated heterocycles. The minimum Gasteiger partial charge on any atom is -1.00 e. The topological polar surface area (TPSA) is 39.9 Å². The fraction of sp³-hybridized carbons (Fsp3) is 0. The van der Waals surface area contributed by atoms with E-state index in [0.29, 0.717) is 11.0 Å². The fourth-order valence-electron chi connectivity index (χ4n) is 1.02. The van der Waals surface area contributed by atoms with Crippen molar-refractivity contribution < 1.29 is 26.7 Å². The van der Waals surface area contributed by atoms with Crippen LogP contribution in [0.5, 0.6) is 0 Å². The van der Waals surface area contributed by atoms with Crippen molar-refractivity contribution in [1.29, 1.82) is 0 Å². The van der Waals surface area contributed by atoms with Gasteiger partial charge < -0.3 is 17.6 Å². The molecule has 1 heterocycles. The number of nitrogens with one attached hydrogen (secondary N) is 1. The molecule has 1 aromatic carbocycles. The second kappa shape index (κ2) is 2.98. The van der Waals surface area contributed by atoms with E-state index < -0.39 is 0 Å². The van der Waals surface area contributed by atoms with Crippen LogP contribution >= 0.6 is 0 Å². The van der Waals surface area contributed by atoms with E-state index in [2.05, 4.69) is 4.98 Å². The maximum Gasteiger partial charge on any atom is 0.283 e. The second-order valence-corrected chi connectivity index (χ2v) is 2.28. The Bertz CT molecular complexity index is 401. The van der Waals surface area contributed by atoms with Gasteiger partial charge in [0.15, 0.2) is 5.52 Å². The number of rotatable bonds is 0. The number of H-pyrrole nitrogens is 1. The molecule has 0 bridgehead atoms. The summed E-state index contributed by atoms with van der Waals surface area (Å²) in [5.41, 5.74) is 1.14. The summed E-state index contributed by atoms with van der Waals surface area (Å²) in [6, 6.07) is 4.15. The molecule has 0 unspecified atom stereocenters. The van der Waals surface area contributed by atoms with Crippen molar-refractivity contribution in [2.24, 2.45) is 0 Å². The molecule has 0 amide bonds. The molecule has 0 spiro atoms. The highest BCUT2D eigenvalue weighted by Crippen LogP contribution is 2.07. The van der Waals surface area contributed by atoms with Gasteiger partial charge in [-0.3, -0.25) is 0 Å². The first-order valence-electron chi connectivity index (χ1n) is 3.15. The minimum absolute atomic E-state index is 0. The molecule has 1 aromatic heterocycles. The van der Waals surface area contributed by atoms with Gasteiger partial charge in [0.25, 0.3) is 6.33 Å². The fourth-order valence-corrected chi connectivity index (χ4v) is 1.02. The molecule has 5 heteroatoms. The summed E-state index contributed by atoms with van der Waals surface area (Å²) in [7, 11) is 0. The predicted molar refractivity (Wildman–Crippen MR) is 35.6 cm³/mol. The number of hydrogen-bond donors (Lipinski definition) is 2. The largest absolute Gasteiger partial charge is 1.00 e. The molecule has 3 nitrogen and oxygen atoms in total. The van der Waals surface area contributed by atoms with E-state index in [4.69, 9.17) is 5.21 Å². The summed E-state index contributed by atoms with van der Waals surface area (Å²) < 4.78 is 13.4. The van der Waals surface area contributed by atoms with Crippen LogP contribution < -0.4 is 17.1 Å². The first kappa shape index (κ1) is 8.80. The van der Waals surface area contributed by atoms with Gasteiger partial charge in [0.1, 0.15) is 5.82 Å². The number of aromatic amines is 1. The van der Waals surface area contributed by atoms with E-state index in [0.717, 1.165) is 4.73 Å². The first-order valence-corrected chi connectivity index (χ1v) is 3.15. The van der Waals surface area contributed by atoms with Gasteiger partial charge in [-0.05, 0) is 16.9 Å². The zero-order chi connectivity index (χ0) is 7.84. The Hall–Kier alpha value is -1.29. The Kier molecular flexibility index (Phi) is 2.19. The van der Waals surface area contributed by atoms with E-state index >= 15 is 0 Å². The van der Waals surface area contributed by atoms with Gasteiger partial charge in [-0.2, -0.15) is 0 Å². The van der Waals surface area contributed by atoms with E-state index in [1.807, 2.05) is 0 Å². The molecule has 0 aliphatic rings. The molecule has 0 saturated carbocycles. The number of benzene rings is 1. The van der Waals surface area contributed by atoms with Crippen molar-refractivity contribution in [1.82, 2.24) is 4.98 Å². The molecule has 0 atom stereocenters. The number of nitrogens with zero attached hydrogens (tertiary/aromatic N) is 1. The Balaban J connectivity index is 0.000000720. The van der Waals surface area contributed by atoms with Crippen LogP contribution in [-0.4, -0.2) is 10.2 Å². The van der Waals surface area contributed by atoms with Crippen molar-refractivity contribution in [3.05, 3.63) is 30.3 Å². The number of fused-ring (bicyclic) bond motifs is 1. The highest BCUT2D eigenvalue weighted by Gasteiger charge is 2.07. The molecule has 0 aliphatic heterocycles. The van der Waals surface area contributed by atoms with Crippen molar-refractivity contribution in [2.75, 3.05) is 0 Å². The van der Waals surface area contributed by atoms with Crippen LogP contribution in [0.25, 0.3) is 11.0 Å². The lowest BCUT2D eigenvalue weighted by Gasteiger charge is -1.84. The van der Waals surface area contributed by atoms with Crippen LogP contribution in [0, 0.1) is 5.82 Å². The summed E-state index contributed by atoms with van der Waals surface area (Å²) in [6.07, 6.45) is 1.35. The monoisotopic (exact) mass is 188 g/mol. The molecular weight excluding hydrogens is 183 g/mol. The molecule has 12 heavy (non-hydrogen) atoms.